The molecule has 3 N–H and O–H groups in total. The maximum atomic E-state index is 12.3. The van der Waals surface area contributed by atoms with Gasteiger partial charge in [-0.25, -0.2) is 4.52 Å². The van der Waals surface area contributed by atoms with Crippen molar-refractivity contribution in [2.24, 2.45) is 0 Å². The molecule has 0 spiro atoms. The van der Waals surface area contributed by atoms with Gasteiger partial charge in [-0.05, 0) is 49.8 Å². The second-order valence-corrected chi connectivity index (χ2v) is 8.75. The molecule has 6 rings (SSSR count). The van der Waals surface area contributed by atoms with Gasteiger partial charge in [-0.15, -0.1) is 5.10 Å². The highest BCUT2D eigenvalue weighted by Gasteiger charge is 2.27. The quantitative estimate of drug-likeness (QED) is 0.419. The minimum Gasteiger partial charge on any atom is -0.348 e. The Balaban J connectivity index is 1.31. The van der Waals surface area contributed by atoms with Crippen LogP contribution in [0, 0.1) is 0 Å². The van der Waals surface area contributed by atoms with Gasteiger partial charge >= 0.3 is 0 Å². The molecule has 168 valence electrons. The zero-order valence-electron chi connectivity index (χ0n) is 18.2. The summed E-state index contributed by atoms with van der Waals surface area (Å²) in [5, 5.41) is 18.2. The smallest absolute Gasteiger partial charge is 0.269 e. The molecule has 1 saturated carbocycles. The van der Waals surface area contributed by atoms with Gasteiger partial charge in [-0.2, -0.15) is 10.1 Å². The topological polar surface area (TPSA) is 103 Å². The number of fused-ring (bicyclic) bond motifs is 1. The molecular formula is C24H26N8O. The lowest BCUT2D eigenvalue weighted by Crippen LogP contribution is -2.35. The molecule has 0 bridgehead atoms. The number of carbonyl (C=O) groups excluding carboxylic acids is 1. The Labute approximate surface area is 191 Å². The van der Waals surface area contributed by atoms with Crippen LogP contribution >= 0.6 is 0 Å². The maximum absolute atomic E-state index is 12.3. The lowest BCUT2D eigenvalue weighted by atomic mass is 9.96. The second-order valence-electron chi connectivity index (χ2n) is 8.75. The van der Waals surface area contributed by atoms with E-state index in [1.54, 1.807) is 6.07 Å². The van der Waals surface area contributed by atoms with Crippen LogP contribution in [-0.2, 0) is 0 Å². The van der Waals surface area contributed by atoms with Crippen LogP contribution in [0.2, 0.25) is 0 Å². The zero-order valence-corrected chi connectivity index (χ0v) is 18.2. The largest absolute Gasteiger partial charge is 0.348 e. The summed E-state index contributed by atoms with van der Waals surface area (Å²) in [6, 6.07) is 16.7. The molecule has 0 radical (unpaired) electrons. The summed E-state index contributed by atoms with van der Waals surface area (Å²) < 4.78 is 1.84. The van der Waals surface area contributed by atoms with Gasteiger partial charge in [0.05, 0.1) is 6.04 Å². The van der Waals surface area contributed by atoms with Crippen molar-refractivity contribution in [1.29, 1.82) is 0 Å². The predicted octanol–water partition coefficient (Wildman–Crippen LogP) is 3.82. The van der Waals surface area contributed by atoms with Gasteiger partial charge in [0.1, 0.15) is 11.2 Å². The number of piperidine rings is 1. The molecule has 1 atom stereocenters. The normalized spacial score (nSPS) is 18.4. The molecular weight excluding hydrogens is 416 g/mol. The molecule has 3 aromatic heterocycles. The lowest BCUT2D eigenvalue weighted by molar-refractivity contribution is 0.0946. The molecule has 4 heterocycles. The molecule has 1 saturated heterocycles. The Morgan fingerprint density at radius 2 is 1.94 bits per heavy atom. The third-order valence-electron chi connectivity index (χ3n) is 6.31. The van der Waals surface area contributed by atoms with Gasteiger partial charge < -0.3 is 15.5 Å². The third kappa shape index (κ3) is 4.02. The Hall–Kier alpha value is -3.88. The van der Waals surface area contributed by atoms with Crippen LogP contribution in [0.3, 0.4) is 0 Å². The first kappa shape index (κ1) is 19.8. The number of rotatable bonds is 6. The van der Waals surface area contributed by atoms with Crippen molar-refractivity contribution in [1.82, 2.24) is 30.1 Å². The first-order valence-electron chi connectivity index (χ1n) is 11.5. The number of nitrogens with zero attached hydrogens (tertiary/aromatic N) is 5. The highest BCUT2D eigenvalue weighted by atomic mass is 16.2. The number of aromatic amines is 1. The fourth-order valence-corrected chi connectivity index (χ4v) is 4.44. The third-order valence-corrected chi connectivity index (χ3v) is 6.31. The number of hydrogen-bond donors (Lipinski definition) is 3. The van der Waals surface area contributed by atoms with Crippen molar-refractivity contribution < 1.29 is 4.79 Å². The Morgan fingerprint density at radius 1 is 1.06 bits per heavy atom. The van der Waals surface area contributed by atoms with E-state index in [1.165, 1.54) is 12.0 Å². The van der Waals surface area contributed by atoms with Gasteiger partial charge in [0.2, 0.25) is 5.95 Å². The number of hydrogen-bond acceptors (Lipinski definition) is 6. The first-order valence-corrected chi connectivity index (χ1v) is 11.5. The van der Waals surface area contributed by atoms with E-state index in [4.69, 9.17) is 10.1 Å². The van der Waals surface area contributed by atoms with Gasteiger partial charge in [0.25, 0.3) is 5.91 Å². The number of nitrogens with one attached hydrogen (secondary N) is 3. The van der Waals surface area contributed by atoms with Crippen molar-refractivity contribution in [3.05, 3.63) is 66.0 Å². The van der Waals surface area contributed by atoms with E-state index in [2.05, 4.69) is 50.0 Å². The molecule has 1 aliphatic heterocycles. The van der Waals surface area contributed by atoms with Crippen LogP contribution in [-0.4, -0.2) is 43.3 Å². The van der Waals surface area contributed by atoms with Crippen LogP contribution in [0.1, 0.15) is 54.2 Å². The summed E-state index contributed by atoms with van der Waals surface area (Å²) in [5.41, 5.74) is 2.56. The molecule has 1 aliphatic carbocycles. The predicted molar refractivity (Wildman–Crippen MR) is 126 cm³/mol. The fraction of sp³-hybridized carbons (Fsp3) is 0.333. The summed E-state index contributed by atoms with van der Waals surface area (Å²) in [6.07, 6.45) is 7.37. The van der Waals surface area contributed by atoms with Crippen LogP contribution in [0.25, 0.3) is 5.52 Å². The van der Waals surface area contributed by atoms with Gasteiger partial charge in [0, 0.05) is 24.8 Å². The molecule has 1 aromatic carbocycles. The molecule has 4 aromatic rings. The highest BCUT2D eigenvalue weighted by molar-refractivity contribution is 5.93. The summed E-state index contributed by atoms with van der Waals surface area (Å²) in [5.74, 6) is 1.75. The van der Waals surface area contributed by atoms with Crippen LogP contribution in [0.15, 0.2) is 54.7 Å². The number of H-pyrrole nitrogens is 1. The highest BCUT2D eigenvalue weighted by Crippen LogP contribution is 2.34. The van der Waals surface area contributed by atoms with E-state index >= 15 is 0 Å². The first-order chi connectivity index (χ1) is 16.2. The van der Waals surface area contributed by atoms with E-state index in [1.807, 2.05) is 28.9 Å². The number of amides is 1. The summed E-state index contributed by atoms with van der Waals surface area (Å²) in [6.45, 7) is 0.902. The fourth-order valence-electron chi connectivity index (χ4n) is 4.44. The molecule has 1 unspecified atom stereocenters. The Bertz CT molecular complexity index is 1280. The molecule has 2 aliphatic rings. The van der Waals surface area contributed by atoms with Crippen molar-refractivity contribution >= 4 is 29.0 Å². The van der Waals surface area contributed by atoms with E-state index in [0.29, 0.717) is 29.3 Å². The van der Waals surface area contributed by atoms with Crippen molar-refractivity contribution in [3.8, 4) is 0 Å². The van der Waals surface area contributed by atoms with Crippen molar-refractivity contribution in [2.45, 2.75) is 44.2 Å². The lowest BCUT2D eigenvalue weighted by Gasteiger charge is -2.36. The van der Waals surface area contributed by atoms with E-state index < -0.39 is 0 Å². The van der Waals surface area contributed by atoms with Gasteiger partial charge in [-0.1, -0.05) is 30.3 Å². The Morgan fingerprint density at radius 3 is 2.79 bits per heavy atom. The van der Waals surface area contributed by atoms with Crippen LogP contribution in [0.4, 0.5) is 17.6 Å². The van der Waals surface area contributed by atoms with Gasteiger partial charge in [-0.3, -0.25) is 9.89 Å². The Kier molecular flexibility index (Phi) is 4.93. The maximum Gasteiger partial charge on any atom is 0.269 e. The molecule has 1 amide bonds. The zero-order chi connectivity index (χ0) is 22.2. The van der Waals surface area contributed by atoms with Crippen molar-refractivity contribution in [3.63, 3.8) is 0 Å². The van der Waals surface area contributed by atoms with E-state index in [9.17, 15) is 4.79 Å². The van der Waals surface area contributed by atoms with E-state index in [-0.39, 0.29) is 11.9 Å². The average Bonchev–Trinajstić information content (AvgIpc) is 3.32. The number of anilines is 3. The molecule has 33 heavy (non-hydrogen) atoms. The van der Waals surface area contributed by atoms with Crippen LogP contribution in [0.5, 0.6) is 0 Å². The monoisotopic (exact) mass is 442 g/mol. The second kappa shape index (κ2) is 8.23. The minimum atomic E-state index is -0.131. The molecule has 2 fully saturated rings. The van der Waals surface area contributed by atoms with Crippen LogP contribution < -0.4 is 15.5 Å². The number of carbonyl (C=O) groups is 1. The minimum absolute atomic E-state index is 0.131. The molecule has 9 nitrogen and oxygen atoms in total. The average molecular weight is 443 g/mol. The standard InChI is InChI=1S/C24H26N8O/c33-23(25-17-11-12-17)18-15-21(29-28-18)26-22-20-10-6-14-32(20)30-24(27-22)31-13-5-4-9-19(31)16-7-2-1-3-8-16/h1-3,6-8,10,14-15,17,19H,4-5,9,11-13H2,(H,25,33)(H2,26,27,28,29,30). The molecule has 9 heteroatoms. The van der Waals surface area contributed by atoms with Crippen molar-refractivity contribution in [2.75, 3.05) is 16.8 Å². The summed E-state index contributed by atoms with van der Waals surface area (Å²) >= 11 is 0. The number of benzene rings is 1. The summed E-state index contributed by atoms with van der Waals surface area (Å²) in [4.78, 5) is 19.5. The number of aromatic nitrogens is 5. The van der Waals surface area contributed by atoms with E-state index in [0.717, 1.165) is 37.7 Å². The SMILES string of the molecule is O=C(NC1CC1)c1cc(Nc2nc(N3CCCCC3c3ccccc3)nn3cccc23)n[nH]1. The van der Waals surface area contributed by atoms with Gasteiger partial charge in [0.15, 0.2) is 11.6 Å². The summed E-state index contributed by atoms with van der Waals surface area (Å²) in [7, 11) is 0.